The van der Waals surface area contributed by atoms with Gasteiger partial charge in [0.05, 0.1) is 65.7 Å². The fourth-order valence-electron chi connectivity index (χ4n) is 10.1. The Morgan fingerprint density at radius 1 is 0.809 bits per heavy atom. The number of aliphatic carboxylic acids is 1. The van der Waals surface area contributed by atoms with Gasteiger partial charge < -0.3 is 28.8 Å². The first kappa shape index (κ1) is 38.3. The molecule has 0 spiro atoms. The molecule has 0 bridgehead atoms. The predicted molar refractivity (Wildman–Crippen MR) is 183 cm³/mol. The summed E-state index contributed by atoms with van der Waals surface area (Å²) in [6, 6.07) is 0. The zero-order valence-electron chi connectivity index (χ0n) is 30.3. The largest absolute Gasteiger partial charge is 0.481 e. The minimum Gasteiger partial charge on any atom is -0.481 e. The van der Waals surface area contributed by atoms with Gasteiger partial charge >= 0.3 is 11.9 Å². The molecule has 270 valence electrons. The van der Waals surface area contributed by atoms with E-state index in [0.29, 0.717) is 51.7 Å². The van der Waals surface area contributed by atoms with Crippen LogP contribution >= 0.6 is 0 Å². The molecule has 3 saturated carbocycles. The van der Waals surface area contributed by atoms with Crippen LogP contribution in [0.15, 0.2) is 11.6 Å². The molecule has 0 aromatic heterocycles. The van der Waals surface area contributed by atoms with E-state index in [1.165, 1.54) is 51.4 Å². The number of rotatable bonds is 21. The van der Waals surface area contributed by atoms with Crippen LogP contribution in [0.2, 0.25) is 0 Å². The molecule has 0 amide bonds. The van der Waals surface area contributed by atoms with Crippen LogP contribution in [0.25, 0.3) is 0 Å². The summed E-state index contributed by atoms with van der Waals surface area (Å²) in [5, 5.41) is 8.56. The summed E-state index contributed by atoms with van der Waals surface area (Å²) in [5.74, 6) is 3.97. The number of esters is 1. The van der Waals surface area contributed by atoms with E-state index < -0.39 is 5.97 Å². The van der Waals surface area contributed by atoms with Crippen molar-refractivity contribution in [3.05, 3.63) is 11.6 Å². The van der Waals surface area contributed by atoms with E-state index in [4.69, 9.17) is 28.8 Å². The quantitative estimate of drug-likeness (QED) is 0.0753. The van der Waals surface area contributed by atoms with E-state index in [0.717, 1.165) is 54.8 Å². The molecule has 3 fully saturated rings. The fourth-order valence-corrected chi connectivity index (χ4v) is 10.1. The van der Waals surface area contributed by atoms with Crippen LogP contribution in [0.3, 0.4) is 0 Å². The van der Waals surface area contributed by atoms with E-state index in [9.17, 15) is 9.59 Å². The summed E-state index contributed by atoms with van der Waals surface area (Å²) in [7, 11) is 0. The number of fused-ring (bicyclic) bond motifs is 5. The first-order valence-corrected chi connectivity index (χ1v) is 19.0. The van der Waals surface area contributed by atoms with Crippen LogP contribution in [0.1, 0.15) is 118 Å². The lowest BCUT2D eigenvalue weighted by atomic mass is 9.47. The van der Waals surface area contributed by atoms with Crippen LogP contribution in [0.5, 0.6) is 0 Å². The van der Waals surface area contributed by atoms with E-state index >= 15 is 0 Å². The minimum absolute atomic E-state index is 0.00117. The monoisotopic (exact) mass is 662 g/mol. The molecule has 8 heteroatoms. The SMILES string of the molecule is CC(C)CCC[C@@H](C)C1CC[C@H]2[C@@H]3CC=C4CC(OC(=O)CCOCCOCCOCCOCCC(=O)O)CC[C@]4(C)[C@H]3CC[C@]12C. The Hall–Kier alpha value is -1.48. The van der Waals surface area contributed by atoms with Crippen molar-refractivity contribution >= 4 is 11.9 Å². The van der Waals surface area contributed by atoms with Gasteiger partial charge in [-0.3, -0.25) is 9.59 Å². The Morgan fingerprint density at radius 2 is 1.45 bits per heavy atom. The average Bonchev–Trinajstić information content (AvgIpc) is 3.38. The Balaban J connectivity index is 1.11. The number of hydrogen-bond donors (Lipinski definition) is 1. The Labute approximate surface area is 285 Å². The Kier molecular flexibility index (Phi) is 15.1. The maximum Gasteiger partial charge on any atom is 0.308 e. The van der Waals surface area contributed by atoms with Crippen molar-refractivity contribution in [3.8, 4) is 0 Å². The molecule has 4 aliphatic carbocycles. The molecule has 0 saturated heterocycles. The fraction of sp³-hybridized carbons (Fsp3) is 0.897. The van der Waals surface area contributed by atoms with Gasteiger partial charge in [0.15, 0.2) is 0 Å². The summed E-state index contributed by atoms with van der Waals surface area (Å²) in [6.45, 7) is 15.5. The second kappa shape index (κ2) is 18.5. The van der Waals surface area contributed by atoms with Crippen molar-refractivity contribution in [2.75, 3.05) is 52.9 Å². The van der Waals surface area contributed by atoms with Gasteiger partial charge in [0.2, 0.25) is 0 Å². The number of carbonyl (C=O) groups is 2. The van der Waals surface area contributed by atoms with Gasteiger partial charge in [0.1, 0.15) is 6.10 Å². The van der Waals surface area contributed by atoms with E-state index in [-0.39, 0.29) is 36.9 Å². The van der Waals surface area contributed by atoms with Crippen molar-refractivity contribution in [2.45, 2.75) is 124 Å². The molecule has 8 nitrogen and oxygen atoms in total. The molecule has 47 heavy (non-hydrogen) atoms. The molecule has 2 unspecified atom stereocenters. The molecule has 0 heterocycles. The Bertz CT molecular complexity index is 1010. The van der Waals surface area contributed by atoms with Crippen LogP contribution in [-0.4, -0.2) is 76.0 Å². The van der Waals surface area contributed by atoms with Crippen LogP contribution in [0.4, 0.5) is 0 Å². The third-order valence-electron chi connectivity index (χ3n) is 12.6. The lowest BCUT2D eigenvalue weighted by Crippen LogP contribution is -2.51. The lowest BCUT2D eigenvalue weighted by molar-refractivity contribution is -0.153. The zero-order valence-corrected chi connectivity index (χ0v) is 30.3. The van der Waals surface area contributed by atoms with Crippen molar-refractivity contribution < 1.29 is 38.4 Å². The van der Waals surface area contributed by atoms with Crippen LogP contribution in [-0.2, 0) is 33.3 Å². The van der Waals surface area contributed by atoms with Gasteiger partial charge in [-0.1, -0.05) is 65.5 Å². The highest BCUT2D eigenvalue weighted by molar-refractivity contribution is 5.69. The molecule has 0 aromatic carbocycles. The molecule has 8 atom stereocenters. The van der Waals surface area contributed by atoms with Gasteiger partial charge in [-0.15, -0.1) is 0 Å². The van der Waals surface area contributed by atoms with E-state index in [2.05, 4.69) is 40.7 Å². The van der Waals surface area contributed by atoms with Gasteiger partial charge in [-0.05, 0) is 91.3 Å². The van der Waals surface area contributed by atoms with Crippen LogP contribution < -0.4 is 0 Å². The third-order valence-corrected chi connectivity index (χ3v) is 12.6. The standard InChI is InChI=1S/C39H66O8/c1-28(2)7-6-8-29(3)33-11-12-34-32-10-9-30-27-31(13-17-38(30,4)35(32)14-18-39(33,34)5)47-37(42)16-20-44-22-24-46-26-25-45-23-21-43-19-15-36(40)41/h9,28-29,31-35H,6-8,10-27H2,1-5H3,(H,40,41)/t29-,31?,32+,33?,34+,35+,38+,39-/m1/s1. The molecule has 4 rings (SSSR count). The summed E-state index contributed by atoms with van der Waals surface area (Å²) in [6.07, 6.45) is 16.8. The van der Waals surface area contributed by atoms with Gasteiger partial charge in [0, 0.05) is 6.42 Å². The number of carboxylic acid groups (broad SMARTS) is 1. The normalized spacial score (nSPS) is 32.3. The zero-order chi connectivity index (χ0) is 33.9. The molecule has 1 N–H and O–H groups in total. The highest BCUT2D eigenvalue weighted by Crippen LogP contribution is 2.67. The highest BCUT2D eigenvalue weighted by Gasteiger charge is 2.59. The number of carboxylic acids is 1. The molecular formula is C39H66O8. The topological polar surface area (TPSA) is 101 Å². The first-order valence-electron chi connectivity index (χ1n) is 19.0. The number of carbonyl (C=O) groups excluding carboxylic acids is 1. The maximum atomic E-state index is 12.7. The molecule has 0 aliphatic heterocycles. The maximum absolute atomic E-state index is 12.7. The smallest absolute Gasteiger partial charge is 0.308 e. The van der Waals surface area contributed by atoms with Gasteiger partial charge in [0.25, 0.3) is 0 Å². The summed E-state index contributed by atoms with van der Waals surface area (Å²) in [5.41, 5.74) is 2.33. The van der Waals surface area contributed by atoms with Crippen molar-refractivity contribution in [3.63, 3.8) is 0 Å². The second-order valence-corrected chi connectivity index (χ2v) is 16.0. The number of ether oxygens (including phenoxy) is 5. The Morgan fingerprint density at radius 3 is 2.09 bits per heavy atom. The highest BCUT2D eigenvalue weighted by atomic mass is 16.6. The number of hydrogen-bond acceptors (Lipinski definition) is 7. The molecular weight excluding hydrogens is 596 g/mol. The lowest BCUT2D eigenvalue weighted by Gasteiger charge is -2.58. The summed E-state index contributed by atoms with van der Waals surface area (Å²) in [4.78, 5) is 23.1. The second-order valence-electron chi connectivity index (χ2n) is 16.0. The van der Waals surface area contributed by atoms with Crippen LogP contribution in [0, 0.1) is 46.3 Å². The van der Waals surface area contributed by atoms with Gasteiger partial charge in [-0.2, -0.15) is 0 Å². The van der Waals surface area contributed by atoms with E-state index in [1.807, 2.05) is 0 Å². The summed E-state index contributed by atoms with van der Waals surface area (Å²) >= 11 is 0. The molecule has 0 radical (unpaired) electrons. The number of allylic oxidation sites excluding steroid dienone is 1. The summed E-state index contributed by atoms with van der Waals surface area (Å²) < 4.78 is 27.6. The van der Waals surface area contributed by atoms with Gasteiger partial charge in [-0.25, -0.2) is 0 Å². The predicted octanol–water partition coefficient (Wildman–Crippen LogP) is 7.87. The third kappa shape index (κ3) is 10.5. The van der Waals surface area contributed by atoms with Crippen molar-refractivity contribution in [2.24, 2.45) is 46.3 Å². The average molecular weight is 663 g/mol. The minimum atomic E-state index is -0.869. The molecule has 0 aromatic rings. The van der Waals surface area contributed by atoms with E-state index in [1.54, 1.807) is 5.57 Å². The van der Waals surface area contributed by atoms with Crippen molar-refractivity contribution in [1.29, 1.82) is 0 Å². The molecule has 4 aliphatic rings. The first-order chi connectivity index (χ1) is 22.5. The van der Waals surface area contributed by atoms with Crippen molar-refractivity contribution in [1.82, 2.24) is 0 Å².